The average molecular weight is 292 g/mol. The summed E-state index contributed by atoms with van der Waals surface area (Å²) >= 11 is 0. The van der Waals surface area contributed by atoms with Crippen LogP contribution in [0.4, 0.5) is 4.39 Å². The number of carbonyl (C=O) groups excluding carboxylic acids is 1. The van der Waals surface area contributed by atoms with Gasteiger partial charge in [0.05, 0.1) is 0 Å². The van der Waals surface area contributed by atoms with Crippen LogP contribution in [0.25, 0.3) is 0 Å². The fourth-order valence-corrected chi connectivity index (χ4v) is 3.04. The molecular weight excluding hydrogens is 267 g/mol. The van der Waals surface area contributed by atoms with Crippen molar-refractivity contribution >= 4 is 5.91 Å². The van der Waals surface area contributed by atoms with Crippen molar-refractivity contribution in [2.24, 2.45) is 0 Å². The summed E-state index contributed by atoms with van der Waals surface area (Å²) < 4.78 is 13.2. The molecule has 0 aliphatic heterocycles. The van der Waals surface area contributed by atoms with Gasteiger partial charge in [-0.1, -0.05) is 25.0 Å². The Balaban J connectivity index is 1.96. The summed E-state index contributed by atoms with van der Waals surface area (Å²) in [5, 5.41) is 3.03. The zero-order chi connectivity index (χ0) is 15.1. The third kappa shape index (κ3) is 4.81. The van der Waals surface area contributed by atoms with Crippen LogP contribution in [0, 0.1) is 5.82 Å². The summed E-state index contributed by atoms with van der Waals surface area (Å²) in [4.78, 5) is 14.4. The van der Waals surface area contributed by atoms with Gasteiger partial charge in [-0.25, -0.2) is 4.39 Å². The molecule has 1 aliphatic rings. The molecule has 1 amide bonds. The molecule has 21 heavy (non-hydrogen) atoms. The Bertz CT molecular complexity index is 458. The molecule has 116 valence electrons. The minimum Gasteiger partial charge on any atom is -0.339 e. The lowest BCUT2D eigenvalue weighted by Gasteiger charge is -2.29. The maximum atomic E-state index is 13.2. The summed E-state index contributed by atoms with van der Waals surface area (Å²) in [6, 6.07) is 7.05. The standard InChI is InChI=1S/C17H25FN2O/c1-19-11-9-17(21)20(16-7-2-3-8-16)12-10-14-5-4-6-15(18)13-14/h4-6,13,16,19H,2-3,7-12H2,1H3. The molecule has 1 aromatic carbocycles. The van der Waals surface area contributed by atoms with E-state index in [1.165, 1.54) is 18.9 Å². The third-order valence-electron chi connectivity index (χ3n) is 4.21. The van der Waals surface area contributed by atoms with Crippen molar-refractivity contribution < 1.29 is 9.18 Å². The van der Waals surface area contributed by atoms with E-state index in [1.54, 1.807) is 12.1 Å². The molecule has 0 atom stereocenters. The fraction of sp³-hybridized carbons (Fsp3) is 0.588. The van der Waals surface area contributed by atoms with E-state index in [2.05, 4.69) is 5.32 Å². The smallest absolute Gasteiger partial charge is 0.224 e. The number of hydrogen-bond donors (Lipinski definition) is 1. The molecular formula is C17H25FN2O. The van der Waals surface area contributed by atoms with Gasteiger partial charge in [-0.2, -0.15) is 0 Å². The monoisotopic (exact) mass is 292 g/mol. The zero-order valence-electron chi connectivity index (χ0n) is 12.8. The molecule has 2 rings (SSSR count). The van der Waals surface area contributed by atoms with Crippen LogP contribution in [-0.2, 0) is 11.2 Å². The van der Waals surface area contributed by atoms with Gasteiger partial charge >= 0.3 is 0 Å². The van der Waals surface area contributed by atoms with E-state index in [0.717, 1.165) is 24.8 Å². The molecule has 4 heteroatoms. The Kier molecular flexibility index (Phi) is 6.18. The van der Waals surface area contributed by atoms with E-state index >= 15 is 0 Å². The topological polar surface area (TPSA) is 32.3 Å². The van der Waals surface area contributed by atoms with Gasteiger partial charge in [0.1, 0.15) is 5.82 Å². The van der Waals surface area contributed by atoms with E-state index in [0.29, 0.717) is 25.6 Å². The van der Waals surface area contributed by atoms with Crippen molar-refractivity contribution in [3.63, 3.8) is 0 Å². The van der Waals surface area contributed by atoms with Crippen LogP contribution in [-0.4, -0.2) is 37.0 Å². The summed E-state index contributed by atoms with van der Waals surface area (Å²) in [5.74, 6) is 0.00841. The summed E-state index contributed by atoms with van der Waals surface area (Å²) in [6.07, 6.45) is 5.89. The van der Waals surface area contributed by atoms with E-state index < -0.39 is 0 Å². The minimum atomic E-state index is -0.207. The summed E-state index contributed by atoms with van der Waals surface area (Å²) in [6.45, 7) is 1.40. The molecule has 1 aromatic rings. The van der Waals surface area contributed by atoms with Gasteiger partial charge in [-0.15, -0.1) is 0 Å². The van der Waals surface area contributed by atoms with Gasteiger partial charge in [0.2, 0.25) is 5.91 Å². The van der Waals surface area contributed by atoms with Crippen LogP contribution >= 0.6 is 0 Å². The van der Waals surface area contributed by atoms with Crippen LogP contribution in [0.1, 0.15) is 37.7 Å². The molecule has 0 aromatic heterocycles. The van der Waals surface area contributed by atoms with E-state index in [4.69, 9.17) is 0 Å². The SMILES string of the molecule is CNCCC(=O)N(CCc1cccc(F)c1)C1CCCC1. The second-order valence-electron chi connectivity index (χ2n) is 5.76. The van der Waals surface area contributed by atoms with Crippen LogP contribution < -0.4 is 5.32 Å². The quantitative estimate of drug-likeness (QED) is 0.838. The lowest BCUT2D eigenvalue weighted by atomic mass is 10.1. The predicted octanol–water partition coefficient (Wildman–Crippen LogP) is 2.75. The van der Waals surface area contributed by atoms with Crippen molar-refractivity contribution in [3.8, 4) is 0 Å². The molecule has 0 saturated heterocycles. The molecule has 0 bridgehead atoms. The summed E-state index contributed by atoms with van der Waals surface area (Å²) in [5.41, 5.74) is 0.958. The average Bonchev–Trinajstić information content (AvgIpc) is 2.99. The molecule has 0 heterocycles. The molecule has 1 saturated carbocycles. The largest absolute Gasteiger partial charge is 0.339 e. The molecule has 0 radical (unpaired) electrons. The van der Waals surface area contributed by atoms with Gasteiger partial charge in [0.15, 0.2) is 0 Å². The second kappa shape index (κ2) is 8.13. The first-order valence-corrected chi connectivity index (χ1v) is 7.89. The van der Waals surface area contributed by atoms with Gasteiger partial charge in [0, 0.05) is 25.6 Å². The Hall–Kier alpha value is -1.42. The van der Waals surface area contributed by atoms with Crippen molar-refractivity contribution in [1.29, 1.82) is 0 Å². The number of nitrogens with one attached hydrogen (secondary N) is 1. The summed E-state index contributed by atoms with van der Waals surface area (Å²) in [7, 11) is 1.86. The minimum absolute atomic E-state index is 0.207. The number of benzene rings is 1. The van der Waals surface area contributed by atoms with E-state index in [-0.39, 0.29) is 11.7 Å². The molecule has 1 aliphatic carbocycles. The highest BCUT2D eigenvalue weighted by molar-refractivity contribution is 5.76. The Labute approximate surface area is 126 Å². The second-order valence-corrected chi connectivity index (χ2v) is 5.76. The first-order chi connectivity index (χ1) is 10.2. The first kappa shape index (κ1) is 16.0. The number of amides is 1. The van der Waals surface area contributed by atoms with Gasteiger partial charge in [0.25, 0.3) is 0 Å². The Morgan fingerprint density at radius 2 is 2.14 bits per heavy atom. The molecule has 0 unspecified atom stereocenters. The number of carbonyl (C=O) groups is 1. The Morgan fingerprint density at radius 1 is 1.38 bits per heavy atom. The van der Waals surface area contributed by atoms with Crippen molar-refractivity contribution in [2.75, 3.05) is 20.1 Å². The van der Waals surface area contributed by atoms with Crippen molar-refractivity contribution in [3.05, 3.63) is 35.6 Å². The third-order valence-corrected chi connectivity index (χ3v) is 4.21. The van der Waals surface area contributed by atoms with Gasteiger partial charge in [-0.3, -0.25) is 4.79 Å². The highest BCUT2D eigenvalue weighted by Crippen LogP contribution is 2.24. The lowest BCUT2D eigenvalue weighted by molar-refractivity contribution is -0.133. The normalized spacial score (nSPS) is 15.3. The fourth-order valence-electron chi connectivity index (χ4n) is 3.04. The van der Waals surface area contributed by atoms with Gasteiger partial charge < -0.3 is 10.2 Å². The maximum Gasteiger partial charge on any atom is 0.224 e. The number of rotatable bonds is 7. The molecule has 0 spiro atoms. The highest BCUT2D eigenvalue weighted by Gasteiger charge is 2.25. The maximum absolute atomic E-state index is 13.2. The van der Waals surface area contributed by atoms with E-state index in [9.17, 15) is 9.18 Å². The molecule has 1 fully saturated rings. The van der Waals surface area contributed by atoms with Crippen LogP contribution in [0.3, 0.4) is 0 Å². The van der Waals surface area contributed by atoms with Crippen molar-refractivity contribution in [2.45, 2.75) is 44.6 Å². The van der Waals surface area contributed by atoms with Crippen LogP contribution in [0.15, 0.2) is 24.3 Å². The van der Waals surface area contributed by atoms with Crippen LogP contribution in [0.2, 0.25) is 0 Å². The van der Waals surface area contributed by atoms with E-state index in [1.807, 2.05) is 18.0 Å². The lowest BCUT2D eigenvalue weighted by Crippen LogP contribution is -2.41. The Morgan fingerprint density at radius 3 is 2.81 bits per heavy atom. The van der Waals surface area contributed by atoms with Crippen LogP contribution in [0.5, 0.6) is 0 Å². The number of nitrogens with zero attached hydrogens (tertiary/aromatic N) is 1. The highest BCUT2D eigenvalue weighted by atomic mass is 19.1. The zero-order valence-corrected chi connectivity index (χ0v) is 12.8. The van der Waals surface area contributed by atoms with Crippen molar-refractivity contribution in [1.82, 2.24) is 10.2 Å². The number of hydrogen-bond acceptors (Lipinski definition) is 2. The predicted molar refractivity (Wildman–Crippen MR) is 82.6 cm³/mol. The first-order valence-electron chi connectivity index (χ1n) is 7.89. The number of halogens is 1. The molecule has 1 N–H and O–H groups in total. The van der Waals surface area contributed by atoms with Gasteiger partial charge in [-0.05, 0) is 44.0 Å². The molecule has 3 nitrogen and oxygen atoms in total.